The molecule has 1 unspecified atom stereocenters. The number of aromatic nitrogens is 1. The van der Waals surface area contributed by atoms with E-state index >= 15 is 0 Å². The molecular weight excluding hydrogens is 266 g/mol. The minimum atomic E-state index is 0.354. The zero-order valence-corrected chi connectivity index (χ0v) is 11.7. The maximum absolute atomic E-state index is 6.00. The van der Waals surface area contributed by atoms with Crippen LogP contribution in [0.1, 0.15) is 17.2 Å². The molecule has 0 bridgehead atoms. The van der Waals surface area contributed by atoms with Crippen molar-refractivity contribution in [3.05, 3.63) is 83.0 Å². The first-order chi connectivity index (χ1) is 9.83. The molecular formula is C18H14ClN. The number of hydrogen-bond donors (Lipinski definition) is 0. The number of nitrogens with zero attached hydrogens (tertiary/aromatic N) is 1. The third-order valence-corrected chi connectivity index (χ3v) is 4.33. The Balaban J connectivity index is 1.87. The van der Waals surface area contributed by atoms with E-state index in [4.69, 9.17) is 11.6 Å². The Kier molecular flexibility index (Phi) is 2.68. The first-order valence-electron chi connectivity index (χ1n) is 6.83. The fourth-order valence-corrected chi connectivity index (χ4v) is 3.24. The van der Waals surface area contributed by atoms with Crippen LogP contribution in [0.25, 0.3) is 11.3 Å². The number of rotatable bonds is 1. The summed E-state index contributed by atoms with van der Waals surface area (Å²) in [4.78, 5) is 0. The molecule has 0 radical (unpaired) electrons. The van der Waals surface area contributed by atoms with Gasteiger partial charge in [-0.2, -0.15) is 0 Å². The summed E-state index contributed by atoms with van der Waals surface area (Å²) in [5, 5.41) is 0.790. The van der Waals surface area contributed by atoms with E-state index in [2.05, 4.69) is 59.3 Å². The van der Waals surface area contributed by atoms with Crippen LogP contribution in [0.3, 0.4) is 0 Å². The lowest BCUT2D eigenvalue weighted by Crippen LogP contribution is -2.18. The van der Waals surface area contributed by atoms with Crippen molar-refractivity contribution in [1.82, 2.24) is 4.57 Å². The number of benzene rings is 2. The van der Waals surface area contributed by atoms with Crippen molar-refractivity contribution in [1.29, 1.82) is 0 Å². The predicted octanol–water partition coefficient (Wildman–Crippen LogP) is 4.95. The smallest absolute Gasteiger partial charge is 0.0626 e. The molecule has 1 atom stereocenters. The van der Waals surface area contributed by atoms with Gasteiger partial charge >= 0.3 is 0 Å². The molecule has 2 heterocycles. The van der Waals surface area contributed by atoms with Crippen molar-refractivity contribution in [3.8, 4) is 11.3 Å². The van der Waals surface area contributed by atoms with Gasteiger partial charge in [0.25, 0.3) is 0 Å². The molecule has 1 aliphatic heterocycles. The van der Waals surface area contributed by atoms with Crippen LogP contribution in [0.2, 0.25) is 5.02 Å². The maximum Gasteiger partial charge on any atom is 0.0626 e. The molecule has 0 N–H and O–H groups in total. The van der Waals surface area contributed by atoms with Crippen molar-refractivity contribution in [2.75, 3.05) is 0 Å². The summed E-state index contributed by atoms with van der Waals surface area (Å²) in [6, 6.07) is 21.5. The Hall–Kier alpha value is -1.99. The second-order valence-electron chi connectivity index (χ2n) is 5.23. The third-order valence-electron chi connectivity index (χ3n) is 4.08. The van der Waals surface area contributed by atoms with Gasteiger partial charge in [0.05, 0.1) is 6.04 Å². The van der Waals surface area contributed by atoms with Gasteiger partial charge in [-0.25, -0.2) is 0 Å². The van der Waals surface area contributed by atoms with Gasteiger partial charge < -0.3 is 4.57 Å². The molecule has 3 aromatic rings. The van der Waals surface area contributed by atoms with Crippen LogP contribution >= 0.6 is 11.6 Å². The molecule has 0 aliphatic carbocycles. The second-order valence-corrected chi connectivity index (χ2v) is 5.67. The molecule has 1 aliphatic rings. The van der Waals surface area contributed by atoms with E-state index in [1.165, 1.54) is 22.4 Å². The Morgan fingerprint density at radius 2 is 1.70 bits per heavy atom. The molecule has 1 nitrogen and oxygen atoms in total. The maximum atomic E-state index is 6.00. The van der Waals surface area contributed by atoms with Crippen LogP contribution in [-0.4, -0.2) is 4.57 Å². The summed E-state index contributed by atoms with van der Waals surface area (Å²) >= 11 is 6.00. The van der Waals surface area contributed by atoms with Gasteiger partial charge in [-0.3, -0.25) is 0 Å². The van der Waals surface area contributed by atoms with Crippen LogP contribution in [0.15, 0.2) is 66.9 Å². The lowest BCUT2D eigenvalue weighted by molar-refractivity contribution is 0.576. The Bertz CT molecular complexity index is 755. The van der Waals surface area contributed by atoms with Crippen LogP contribution in [0.5, 0.6) is 0 Å². The summed E-state index contributed by atoms with van der Waals surface area (Å²) in [6.45, 7) is 0. The third kappa shape index (κ3) is 1.78. The fraction of sp³-hybridized carbons (Fsp3) is 0.111. The van der Waals surface area contributed by atoms with Crippen molar-refractivity contribution in [2.45, 2.75) is 12.5 Å². The van der Waals surface area contributed by atoms with Crippen LogP contribution < -0.4 is 0 Å². The summed E-state index contributed by atoms with van der Waals surface area (Å²) < 4.78 is 2.37. The Morgan fingerprint density at radius 3 is 2.55 bits per heavy atom. The normalized spacial score (nSPS) is 16.6. The van der Waals surface area contributed by atoms with Crippen LogP contribution in [-0.2, 0) is 6.42 Å². The number of halogens is 1. The van der Waals surface area contributed by atoms with Gasteiger partial charge in [-0.05, 0) is 41.8 Å². The molecule has 0 fully saturated rings. The average Bonchev–Trinajstić information content (AvgIpc) is 2.97. The highest BCUT2D eigenvalue weighted by Gasteiger charge is 2.24. The Labute approximate surface area is 123 Å². The highest BCUT2D eigenvalue weighted by Crippen LogP contribution is 2.37. The molecule has 0 saturated carbocycles. The molecule has 20 heavy (non-hydrogen) atoms. The summed E-state index contributed by atoms with van der Waals surface area (Å²) in [5.41, 5.74) is 5.37. The van der Waals surface area contributed by atoms with Crippen molar-refractivity contribution < 1.29 is 0 Å². The van der Waals surface area contributed by atoms with E-state index < -0.39 is 0 Å². The van der Waals surface area contributed by atoms with E-state index in [-0.39, 0.29) is 0 Å². The molecule has 0 amide bonds. The fourth-order valence-electron chi connectivity index (χ4n) is 3.11. The number of hydrogen-bond acceptors (Lipinski definition) is 0. The predicted molar refractivity (Wildman–Crippen MR) is 83.2 cm³/mol. The monoisotopic (exact) mass is 279 g/mol. The van der Waals surface area contributed by atoms with Gasteiger partial charge in [0.2, 0.25) is 0 Å². The van der Waals surface area contributed by atoms with E-state index in [1.807, 2.05) is 12.1 Å². The van der Waals surface area contributed by atoms with Gasteiger partial charge in [0.15, 0.2) is 0 Å². The zero-order valence-electron chi connectivity index (χ0n) is 11.0. The van der Waals surface area contributed by atoms with Crippen molar-refractivity contribution in [2.24, 2.45) is 0 Å². The molecule has 4 rings (SSSR count). The van der Waals surface area contributed by atoms with E-state index in [1.54, 1.807) is 0 Å². The standard InChI is InChI=1S/C18H14ClN/c19-15-9-7-13(8-10-15)18-12-14-4-1-2-5-16(14)17-6-3-11-20(17)18/h1-11,18H,12H2. The molecule has 0 saturated heterocycles. The average molecular weight is 280 g/mol. The SMILES string of the molecule is Clc1ccc(C2Cc3ccccc3-c3cccn32)cc1. The van der Waals surface area contributed by atoms with Crippen LogP contribution in [0, 0.1) is 0 Å². The molecule has 1 aromatic heterocycles. The van der Waals surface area contributed by atoms with Crippen molar-refractivity contribution in [3.63, 3.8) is 0 Å². The lowest BCUT2D eigenvalue weighted by Gasteiger charge is -2.29. The van der Waals surface area contributed by atoms with E-state index in [0.717, 1.165) is 11.4 Å². The molecule has 2 aromatic carbocycles. The van der Waals surface area contributed by atoms with Gasteiger partial charge in [0, 0.05) is 22.5 Å². The molecule has 2 heteroatoms. The van der Waals surface area contributed by atoms with Crippen molar-refractivity contribution >= 4 is 11.6 Å². The number of fused-ring (bicyclic) bond motifs is 3. The lowest BCUT2D eigenvalue weighted by atomic mass is 9.90. The first kappa shape index (κ1) is 11.8. The van der Waals surface area contributed by atoms with Gasteiger partial charge in [0.1, 0.15) is 0 Å². The highest BCUT2D eigenvalue weighted by molar-refractivity contribution is 6.30. The zero-order chi connectivity index (χ0) is 13.5. The van der Waals surface area contributed by atoms with Gasteiger partial charge in [-0.1, -0.05) is 48.0 Å². The second kappa shape index (κ2) is 4.53. The van der Waals surface area contributed by atoms with Crippen LogP contribution in [0.4, 0.5) is 0 Å². The first-order valence-corrected chi connectivity index (χ1v) is 7.21. The largest absolute Gasteiger partial charge is 0.340 e. The van der Waals surface area contributed by atoms with E-state index in [0.29, 0.717) is 6.04 Å². The quantitative estimate of drug-likeness (QED) is 0.594. The minimum absolute atomic E-state index is 0.354. The van der Waals surface area contributed by atoms with E-state index in [9.17, 15) is 0 Å². The Morgan fingerprint density at radius 1 is 0.900 bits per heavy atom. The summed E-state index contributed by atoms with van der Waals surface area (Å²) in [7, 11) is 0. The summed E-state index contributed by atoms with van der Waals surface area (Å²) in [6.07, 6.45) is 3.20. The highest BCUT2D eigenvalue weighted by atomic mass is 35.5. The van der Waals surface area contributed by atoms with Gasteiger partial charge in [-0.15, -0.1) is 0 Å². The summed E-state index contributed by atoms with van der Waals surface area (Å²) in [5.74, 6) is 0. The minimum Gasteiger partial charge on any atom is -0.340 e. The topological polar surface area (TPSA) is 4.93 Å². The molecule has 0 spiro atoms. The molecule has 98 valence electrons.